The van der Waals surface area contributed by atoms with Crippen LogP contribution in [-0.4, -0.2) is 46.4 Å². The van der Waals surface area contributed by atoms with E-state index in [4.69, 9.17) is 14.2 Å². The maximum absolute atomic E-state index is 14.5. The summed E-state index contributed by atoms with van der Waals surface area (Å²) in [4.78, 5) is 40.7. The number of ether oxygens (including phenoxy) is 3. The van der Waals surface area contributed by atoms with Crippen LogP contribution in [0.15, 0.2) is 85.5 Å². The van der Waals surface area contributed by atoms with E-state index in [0.29, 0.717) is 55.0 Å². The van der Waals surface area contributed by atoms with Gasteiger partial charge < -0.3 is 48.2 Å². The molecule has 336 valence electrons. The molecule has 0 amide bonds. The van der Waals surface area contributed by atoms with Crippen LogP contribution in [0.25, 0.3) is 22.1 Å². The molecule has 10 nitrogen and oxygen atoms in total. The molecule has 2 aliphatic heterocycles. The number of hydrogen-bond donors (Lipinski definition) is 0. The molecule has 0 saturated heterocycles. The minimum Gasteiger partial charge on any atom is -1.00 e. The Morgan fingerprint density at radius 2 is 1.40 bits per heavy atom. The van der Waals surface area contributed by atoms with Crippen LogP contribution in [0.1, 0.15) is 96.1 Å². The highest BCUT2D eigenvalue weighted by molar-refractivity contribution is 5.77. The van der Waals surface area contributed by atoms with E-state index in [-0.39, 0.29) is 88.0 Å². The molecule has 11 bridgehead atoms. The summed E-state index contributed by atoms with van der Waals surface area (Å²) < 4.78 is 27.0. The molecule has 3 aromatic carbocycles. The van der Waals surface area contributed by atoms with Crippen molar-refractivity contribution in [2.24, 2.45) is 46.3 Å². The first-order valence-electron chi connectivity index (χ1n) is 23.0. The fourth-order valence-corrected chi connectivity index (χ4v) is 14.0. The average molecular weight is 987 g/mol. The van der Waals surface area contributed by atoms with Gasteiger partial charge in [-0.05, 0) is 140 Å². The number of aromatic nitrogens is 4. The van der Waals surface area contributed by atoms with Crippen molar-refractivity contribution in [1.29, 1.82) is 0 Å². The van der Waals surface area contributed by atoms with Gasteiger partial charge in [0, 0.05) is 11.8 Å². The van der Waals surface area contributed by atoms with Crippen LogP contribution in [0, 0.1) is 46.3 Å². The Morgan fingerprint density at radius 3 is 2.03 bits per heavy atom. The first-order chi connectivity index (χ1) is 29.5. The Labute approximate surface area is 392 Å². The maximum Gasteiger partial charge on any atom is 0.348 e. The molecule has 4 fully saturated rings. The van der Waals surface area contributed by atoms with Crippen molar-refractivity contribution in [2.75, 3.05) is 7.11 Å². The standard InChI is InChI=1S/C51H62N4O6.2BrH/c1-33(16-21-47(56)59-4)39-19-20-40-38-18-17-36-25-37-22-23-50(36,2)41(38)26-46(51(39,40)3)61-49(58)30-55-32-53(43-13-6-8-15-45(43)55)28-35-11-9-10-34(24-35)27-52-31-54(29-48(57)60-37)44-14-7-5-12-42(44)52;;/h5-15,24,31-33,36-41,46H,16-23,25-30H2,1-4H3;2*1H/q+2;;/p-2/t33-,36-,37-,38+,39-,40+,41+,46+,50+,51-;;/m1../s1. The number of carbonyl (C=O) groups is 3. The summed E-state index contributed by atoms with van der Waals surface area (Å²) in [6, 6.07) is 25.3. The van der Waals surface area contributed by atoms with Crippen molar-refractivity contribution < 1.29 is 71.7 Å². The predicted octanol–water partition coefficient (Wildman–Crippen LogP) is 1.97. The number of hydrogen-bond acceptors (Lipinski definition) is 6. The van der Waals surface area contributed by atoms with Crippen molar-refractivity contribution >= 4 is 40.0 Å². The molecular formula is C51H62Br2N4O6. The number of para-hydroxylation sites is 4. The lowest BCUT2D eigenvalue weighted by Crippen LogP contribution is -3.00. The summed E-state index contributed by atoms with van der Waals surface area (Å²) in [6.07, 6.45) is 13.1. The molecule has 0 radical (unpaired) electrons. The molecule has 0 spiro atoms. The van der Waals surface area contributed by atoms with Gasteiger partial charge in [0.05, 0.1) is 7.11 Å². The number of benzene rings is 3. The van der Waals surface area contributed by atoms with Gasteiger partial charge in [0.25, 0.3) is 0 Å². The van der Waals surface area contributed by atoms with E-state index in [2.05, 4.69) is 112 Å². The third-order valence-electron chi connectivity index (χ3n) is 16.9. The van der Waals surface area contributed by atoms with Crippen molar-refractivity contribution in [2.45, 2.75) is 123 Å². The zero-order valence-electron chi connectivity index (χ0n) is 37.1. The van der Waals surface area contributed by atoms with Crippen molar-refractivity contribution in [3.05, 3.63) is 96.6 Å². The zero-order chi connectivity index (χ0) is 42.0. The summed E-state index contributed by atoms with van der Waals surface area (Å²) >= 11 is 0. The lowest BCUT2D eigenvalue weighted by atomic mass is 9.43. The Morgan fingerprint density at radius 1 is 0.778 bits per heavy atom. The topological polar surface area (TPSA) is 96.5 Å². The molecule has 12 heteroatoms. The molecule has 10 atom stereocenters. The Hall–Kier alpha value is -4.03. The molecule has 2 aromatic heterocycles. The second-order valence-electron chi connectivity index (χ2n) is 19.9. The first kappa shape index (κ1) is 45.5. The molecular weight excluding hydrogens is 924 g/mol. The number of esters is 3. The molecule has 6 aliphatic rings. The van der Waals surface area contributed by atoms with E-state index in [1.807, 2.05) is 12.1 Å². The minimum atomic E-state index is -0.230. The van der Waals surface area contributed by atoms with Gasteiger partial charge >= 0.3 is 17.9 Å². The fourth-order valence-electron chi connectivity index (χ4n) is 14.0. The highest BCUT2D eigenvalue weighted by atomic mass is 79.9. The summed E-state index contributed by atoms with van der Waals surface area (Å²) in [5, 5.41) is 0. The third kappa shape index (κ3) is 8.18. The van der Waals surface area contributed by atoms with E-state index in [9.17, 15) is 14.4 Å². The minimum absolute atomic E-state index is 0. The van der Waals surface area contributed by atoms with Gasteiger partial charge in [-0.1, -0.05) is 63.2 Å². The van der Waals surface area contributed by atoms with Gasteiger partial charge in [0.1, 0.15) is 25.3 Å². The number of imidazole rings is 2. The molecule has 63 heavy (non-hydrogen) atoms. The van der Waals surface area contributed by atoms with Gasteiger partial charge in [-0.2, -0.15) is 0 Å². The summed E-state index contributed by atoms with van der Waals surface area (Å²) in [7, 11) is 1.47. The second kappa shape index (κ2) is 18.1. The van der Waals surface area contributed by atoms with Crippen molar-refractivity contribution in [1.82, 2.24) is 9.13 Å². The Kier molecular flexibility index (Phi) is 13.1. The molecule has 11 rings (SSSR count). The highest BCUT2D eigenvalue weighted by Crippen LogP contribution is 2.69. The highest BCUT2D eigenvalue weighted by Gasteiger charge is 2.65. The van der Waals surface area contributed by atoms with Gasteiger partial charge in [-0.25, -0.2) is 27.9 Å². The van der Waals surface area contributed by atoms with E-state index in [0.717, 1.165) is 91.0 Å². The van der Waals surface area contributed by atoms with Crippen molar-refractivity contribution in [3.8, 4) is 0 Å². The fraction of sp³-hybridized carbons (Fsp3) is 0.549. The first-order valence-corrected chi connectivity index (χ1v) is 23.0. The monoisotopic (exact) mass is 984 g/mol. The molecule has 4 aliphatic carbocycles. The van der Waals surface area contributed by atoms with Crippen LogP contribution in [0.3, 0.4) is 0 Å². The number of rotatable bonds is 4. The lowest BCUT2D eigenvalue weighted by molar-refractivity contribution is -0.664. The van der Waals surface area contributed by atoms with Gasteiger partial charge in [-0.3, -0.25) is 4.79 Å². The van der Waals surface area contributed by atoms with Crippen LogP contribution >= 0.6 is 0 Å². The number of halogens is 2. The van der Waals surface area contributed by atoms with E-state index in [1.54, 1.807) is 0 Å². The smallest absolute Gasteiger partial charge is 0.348 e. The number of fused-ring (bicyclic) bond motifs is 9. The van der Waals surface area contributed by atoms with E-state index >= 15 is 0 Å². The molecule has 4 heterocycles. The number of nitrogens with zero attached hydrogens (tertiary/aromatic N) is 4. The van der Waals surface area contributed by atoms with Crippen LogP contribution in [-0.2, 0) is 54.8 Å². The third-order valence-corrected chi connectivity index (χ3v) is 16.9. The largest absolute Gasteiger partial charge is 1.00 e. The Bertz CT molecular complexity index is 2500. The van der Waals surface area contributed by atoms with Crippen LogP contribution in [0.2, 0.25) is 0 Å². The van der Waals surface area contributed by atoms with E-state index in [1.165, 1.54) is 7.11 Å². The summed E-state index contributed by atoms with van der Waals surface area (Å²) in [5.74, 6) is 1.95. The number of methoxy groups -OCH3 is 1. The predicted molar refractivity (Wildman–Crippen MR) is 230 cm³/mol. The maximum atomic E-state index is 14.5. The molecule has 0 unspecified atom stereocenters. The summed E-state index contributed by atoms with van der Waals surface area (Å²) in [6.45, 7) is 8.85. The second-order valence-corrected chi connectivity index (χ2v) is 19.9. The molecule has 5 aromatic rings. The molecule has 4 saturated carbocycles. The van der Waals surface area contributed by atoms with Gasteiger partial charge in [-0.15, -0.1) is 0 Å². The normalized spacial score (nSPS) is 30.9. The van der Waals surface area contributed by atoms with Gasteiger partial charge in [0.2, 0.25) is 12.7 Å². The zero-order valence-corrected chi connectivity index (χ0v) is 40.3. The van der Waals surface area contributed by atoms with Crippen molar-refractivity contribution in [3.63, 3.8) is 0 Å². The quantitative estimate of drug-likeness (QED) is 0.156. The lowest BCUT2D eigenvalue weighted by Gasteiger charge is -2.62. The van der Waals surface area contributed by atoms with E-state index < -0.39 is 0 Å². The molecule has 0 N–H and O–H groups in total. The Balaban J connectivity index is 0.00000272. The SMILES string of the molecule is COC(=O)CC[C@@H](C)[C@H]1CC[C@H]2[C@@H]3CC[C@@H]4C[C@H]5CC[C@]4(C)[C@H]3C[C@H](OC(=O)Cn3c[n+](c4ccccc43)Cc3cccc(c3)C[n+]3cn(c4ccccc43)CC(=O)O5)[C@]12C.[Br-].[Br-]. The van der Waals surface area contributed by atoms with Crippen LogP contribution in [0.5, 0.6) is 0 Å². The van der Waals surface area contributed by atoms with Crippen LogP contribution in [0.4, 0.5) is 0 Å². The average Bonchev–Trinajstić information content (AvgIpc) is 3.91. The van der Waals surface area contributed by atoms with Gasteiger partial charge in [0.15, 0.2) is 35.2 Å². The number of carbonyl (C=O) groups excluding carboxylic acids is 3. The van der Waals surface area contributed by atoms with Crippen LogP contribution < -0.4 is 43.1 Å². The summed E-state index contributed by atoms with van der Waals surface area (Å²) in [5.41, 5.74) is 6.36.